The van der Waals surface area contributed by atoms with Gasteiger partial charge in [0.15, 0.2) is 5.78 Å². The second kappa shape index (κ2) is 7.46. The largest absolute Gasteiger partial charge is 0.324 e. The first-order valence-corrected chi connectivity index (χ1v) is 8.63. The third-order valence-electron chi connectivity index (χ3n) is 4.58. The molecular weight excluding hydrogens is 318 g/mol. The van der Waals surface area contributed by atoms with Crippen LogP contribution < -0.4 is 5.32 Å². The third kappa shape index (κ3) is 3.87. The standard InChI is InChI=1S/C18H23N5O2/c1-3-22-12-19-21-17(22)15-7-5-9-23(11-15)18(25)20-16-8-4-6-14(10-16)13(2)24/h4,6,8,10,12,15H,3,5,7,9,11H2,1-2H3,(H,20,25)/t15-/m0/s1. The van der Waals surface area contributed by atoms with Crippen molar-refractivity contribution in [2.24, 2.45) is 0 Å². The Labute approximate surface area is 147 Å². The van der Waals surface area contributed by atoms with Gasteiger partial charge in [0.2, 0.25) is 0 Å². The molecule has 3 rings (SSSR count). The van der Waals surface area contributed by atoms with E-state index in [-0.39, 0.29) is 17.7 Å². The van der Waals surface area contributed by atoms with Gasteiger partial charge in [-0.2, -0.15) is 0 Å². The average Bonchev–Trinajstić information content (AvgIpc) is 3.11. The maximum Gasteiger partial charge on any atom is 0.321 e. The van der Waals surface area contributed by atoms with Gasteiger partial charge in [0.05, 0.1) is 0 Å². The van der Waals surface area contributed by atoms with Crippen molar-refractivity contribution < 1.29 is 9.59 Å². The van der Waals surface area contributed by atoms with Crippen LogP contribution in [0.2, 0.25) is 0 Å². The number of carbonyl (C=O) groups is 2. The summed E-state index contributed by atoms with van der Waals surface area (Å²) in [6.45, 7) is 5.73. The van der Waals surface area contributed by atoms with Gasteiger partial charge >= 0.3 is 6.03 Å². The van der Waals surface area contributed by atoms with Gasteiger partial charge in [0.1, 0.15) is 12.2 Å². The smallest absolute Gasteiger partial charge is 0.321 e. The van der Waals surface area contributed by atoms with Crippen molar-refractivity contribution in [3.05, 3.63) is 42.0 Å². The second-order valence-corrected chi connectivity index (χ2v) is 6.33. The zero-order valence-electron chi connectivity index (χ0n) is 14.6. The topological polar surface area (TPSA) is 80.1 Å². The van der Waals surface area contributed by atoms with Crippen LogP contribution in [-0.4, -0.2) is 44.6 Å². The van der Waals surface area contributed by atoms with Crippen molar-refractivity contribution >= 4 is 17.5 Å². The highest BCUT2D eigenvalue weighted by atomic mass is 16.2. The summed E-state index contributed by atoms with van der Waals surface area (Å²) < 4.78 is 2.03. The number of urea groups is 1. The van der Waals surface area contributed by atoms with Crippen LogP contribution in [0.5, 0.6) is 0 Å². The third-order valence-corrected chi connectivity index (χ3v) is 4.58. The Bertz CT molecular complexity index is 770. The molecule has 2 heterocycles. The quantitative estimate of drug-likeness (QED) is 0.867. The second-order valence-electron chi connectivity index (χ2n) is 6.33. The molecule has 0 aliphatic carbocycles. The first-order valence-electron chi connectivity index (χ1n) is 8.63. The maximum atomic E-state index is 12.6. The Balaban J connectivity index is 1.68. The summed E-state index contributed by atoms with van der Waals surface area (Å²) in [5.74, 6) is 1.12. The van der Waals surface area contributed by atoms with Gasteiger partial charge in [-0.1, -0.05) is 12.1 Å². The maximum absolute atomic E-state index is 12.6. The molecule has 1 atom stereocenters. The van der Waals surface area contributed by atoms with Crippen LogP contribution in [0.1, 0.15) is 48.8 Å². The lowest BCUT2D eigenvalue weighted by atomic mass is 9.97. The van der Waals surface area contributed by atoms with Gasteiger partial charge in [0.25, 0.3) is 0 Å². The van der Waals surface area contributed by atoms with Gasteiger partial charge in [-0.05, 0) is 38.8 Å². The van der Waals surface area contributed by atoms with Crippen LogP contribution in [0.4, 0.5) is 10.5 Å². The minimum absolute atomic E-state index is 0.0203. The molecule has 0 unspecified atom stereocenters. The summed E-state index contributed by atoms with van der Waals surface area (Å²) in [4.78, 5) is 25.9. The average molecular weight is 341 g/mol. The van der Waals surface area contributed by atoms with E-state index in [1.54, 1.807) is 30.6 Å². The summed E-state index contributed by atoms with van der Waals surface area (Å²) >= 11 is 0. The number of ketones is 1. The van der Waals surface area contributed by atoms with Gasteiger partial charge in [-0.3, -0.25) is 4.79 Å². The van der Waals surface area contributed by atoms with E-state index in [4.69, 9.17) is 0 Å². The van der Waals surface area contributed by atoms with Crippen LogP contribution in [-0.2, 0) is 6.54 Å². The lowest BCUT2D eigenvalue weighted by Gasteiger charge is -2.32. The van der Waals surface area contributed by atoms with Crippen LogP contribution in [0.25, 0.3) is 0 Å². The number of nitrogens with zero attached hydrogens (tertiary/aromatic N) is 4. The van der Waals surface area contributed by atoms with Crippen molar-refractivity contribution in [2.75, 3.05) is 18.4 Å². The molecule has 2 amide bonds. The molecule has 1 aromatic heterocycles. The number of aromatic nitrogens is 3. The zero-order valence-corrected chi connectivity index (χ0v) is 14.6. The highest BCUT2D eigenvalue weighted by molar-refractivity contribution is 5.96. The van der Waals surface area contributed by atoms with Crippen molar-refractivity contribution in [2.45, 2.75) is 39.2 Å². The minimum atomic E-state index is -0.145. The van der Waals surface area contributed by atoms with Crippen LogP contribution in [0, 0.1) is 0 Å². The molecule has 0 radical (unpaired) electrons. The zero-order chi connectivity index (χ0) is 17.8. The van der Waals surface area contributed by atoms with Crippen molar-refractivity contribution in [1.82, 2.24) is 19.7 Å². The van der Waals surface area contributed by atoms with E-state index in [0.29, 0.717) is 17.8 Å². The predicted octanol–water partition coefficient (Wildman–Crippen LogP) is 2.91. The fraction of sp³-hybridized carbons (Fsp3) is 0.444. The number of amides is 2. The van der Waals surface area contributed by atoms with E-state index < -0.39 is 0 Å². The first kappa shape index (κ1) is 17.1. The normalized spacial score (nSPS) is 17.4. The Morgan fingerprint density at radius 2 is 2.20 bits per heavy atom. The molecule has 1 saturated heterocycles. The molecule has 132 valence electrons. The van der Waals surface area contributed by atoms with Crippen molar-refractivity contribution in [3.8, 4) is 0 Å². The molecular formula is C18H23N5O2. The van der Waals surface area contributed by atoms with E-state index in [2.05, 4.69) is 22.4 Å². The van der Waals surface area contributed by atoms with E-state index in [1.165, 1.54) is 6.92 Å². The van der Waals surface area contributed by atoms with Crippen LogP contribution in [0.3, 0.4) is 0 Å². The summed E-state index contributed by atoms with van der Waals surface area (Å²) in [6, 6.07) is 6.86. The van der Waals surface area contributed by atoms with Crippen LogP contribution in [0.15, 0.2) is 30.6 Å². The highest BCUT2D eigenvalue weighted by Gasteiger charge is 2.27. The SMILES string of the molecule is CCn1cnnc1[C@H]1CCCN(C(=O)Nc2cccc(C(C)=O)c2)C1. The molecule has 7 nitrogen and oxygen atoms in total. The molecule has 0 saturated carbocycles. The Morgan fingerprint density at radius 1 is 1.36 bits per heavy atom. The predicted molar refractivity (Wildman–Crippen MR) is 94.7 cm³/mol. The number of carbonyl (C=O) groups excluding carboxylic acids is 2. The summed E-state index contributed by atoms with van der Waals surface area (Å²) in [7, 11) is 0. The lowest BCUT2D eigenvalue weighted by Crippen LogP contribution is -2.42. The number of hydrogen-bond acceptors (Lipinski definition) is 4. The fourth-order valence-corrected chi connectivity index (χ4v) is 3.21. The number of piperidine rings is 1. The van der Waals surface area contributed by atoms with Crippen molar-refractivity contribution in [1.29, 1.82) is 0 Å². The molecule has 1 aromatic carbocycles. The number of hydrogen-bond donors (Lipinski definition) is 1. The van der Waals surface area contributed by atoms with Gasteiger partial charge in [-0.25, -0.2) is 4.79 Å². The van der Waals surface area contributed by atoms with E-state index in [1.807, 2.05) is 9.47 Å². The molecule has 7 heteroatoms. The van der Waals surface area contributed by atoms with Gasteiger partial charge in [0, 0.05) is 36.8 Å². The summed E-state index contributed by atoms with van der Waals surface area (Å²) in [5.41, 5.74) is 1.22. The monoisotopic (exact) mass is 341 g/mol. The minimum Gasteiger partial charge on any atom is -0.324 e. The van der Waals surface area contributed by atoms with E-state index >= 15 is 0 Å². The number of nitrogens with one attached hydrogen (secondary N) is 1. The van der Waals surface area contributed by atoms with Crippen molar-refractivity contribution in [3.63, 3.8) is 0 Å². The van der Waals surface area contributed by atoms with E-state index in [0.717, 1.165) is 31.8 Å². The molecule has 1 aliphatic rings. The number of anilines is 1. The highest BCUT2D eigenvalue weighted by Crippen LogP contribution is 2.26. The Kier molecular flexibility index (Phi) is 5.11. The molecule has 1 fully saturated rings. The Hall–Kier alpha value is -2.70. The number of aryl methyl sites for hydroxylation is 1. The van der Waals surface area contributed by atoms with Crippen LogP contribution >= 0.6 is 0 Å². The molecule has 1 aliphatic heterocycles. The number of Topliss-reactive ketones (excluding diaryl/α,β-unsaturated/α-hetero) is 1. The number of benzene rings is 1. The summed E-state index contributed by atoms with van der Waals surface area (Å²) in [6.07, 6.45) is 3.67. The lowest BCUT2D eigenvalue weighted by molar-refractivity contribution is 0.101. The number of likely N-dealkylation sites (tertiary alicyclic amines) is 1. The van der Waals surface area contributed by atoms with Gasteiger partial charge < -0.3 is 14.8 Å². The van der Waals surface area contributed by atoms with Gasteiger partial charge in [-0.15, -0.1) is 10.2 Å². The molecule has 1 N–H and O–H groups in total. The number of rotatable bonds is 4. The molecule has 25 heavy (non-hydrogen) atoms. The Morgan fingerprint density at radius 3 is 2.96 bits per heavy atom. The summed E-state index contributed by atoms with van der Waals surface area (Å²) in [5, 5.41) is 11.1. The first-order chi connectivity index (χ1) is 12.1. The fourth-order valence-electron chi connectivity index (χ4n) is 3.21. The van der Waals surface area contributed by atoms with E-state index in [9.17, 15) is 9.59 Å². The molecule has 0 bridgehead atoms. The molecule has 2 aromatic rings. The molecule has 0 spiro atoms.